The average molecular weight is 289 g/mol. The predicted molar refractivity (Wildman–Crippen MR) is 89.8 cm³/mol. The standard InChI is InChI=1S/C19H31NO/c1-4-13-20-15(3)17-9-11-18(12-10-17)21-19-8-6-7-16(5-2)14-19/h9-12,15-16,19-20H,4-8,13-14H2,1-3H3. The summed E-state index contributed by atoms with van der Waals surface area (Å²) < 4.78 is 6.18. The lowest BCUT2D eigenvalue weighted by Gasteiger charge is -2.29. The Morgan fingerprint density at radius 2 is 1.95 bits per heavy atom. The highest BCUT2D eigenvalue weighted by Crippen LogP contribution is 2.30. The molecule has 1 fully saturated rings. The summed E-state index contributed by atoms with van der Waals surface area (Å²) in [6, 6.07) is 9.08. The molecule has 1 aliphatic carbocycles. The maximum Gasteiger partial charge on any atom is 0.119 e. The van der Waals surface area contributed by atoms with E-state index in [0.717, 1.165) is 18.2 Å². The van der Waals surface area contributed by atoms with Crippen LogP contribution in [-0.2, 0) is 0 Å². The minimum Gasteiger partial charge on any atom is -0.490 e. The van der Waals surface area contributed by atoms with E-state index in [1.165, 1.54) is 44.1 Å². The third-order valence-corrected chi connectivity index (χ3v) is 4.70. The van der Waals surface area contributed by atoms with Crippen molar-refractivity contribution in [3.05, 3.63) is 29.8 Å². The zero-order valence-corrected chi connectivity index (χ0v) is 13.9. The number of ether oxygens (including phenoxy) is 1. The molecule has 1 aromatic rings. The van der Waals surface area contributed by atoms with E-state index in [0.29, 0.717) is 12.1 Å². The summed E-state index contributed by atoms with van der Waals surface area (Å²) in [5, 5.41) is 3.52. The summed E-state index contributed by atoms with van der Waals surface area (Å²) in [4.78, 5) is 0. The first-order valence-corrected chi connectivity index (χ1v) is 8.72. The lowest BCUT2D eigenvalue weighted by atomic mass is 9.85. The number of nitrogens with one attached hydrogen (secondary N) is 1. The minimum atomic E-state index is 0.415. The molecular formula is C19H31NO. The van der Waals surface area contributed by atoms with Crippen molar-refractivity contribution in [3.63, 3.8) is 0 Å². The van der Waals surface area contributed by atoms with Crippen molar-refractivity contribution in [3.8, 4) is 5.75 Å². The zero-order valence-electron chi connectivity index (χ0n) is 13.9. The molecule has 1 N–H and O–H groups in total. The van der Waals surface area contributed by atoms with Gasteiger partial charge < -0.3 is 10.1 Å². The van der Waals surface area contributed by atoms with Gasteiger partial charge >= 0.3 is 0 Å². The molecule has 0 aliphatic heterocycles. The molecule has 21 heavy (non-hydrogen) atoms. The van der Waals surface area contributed by atoms with Crippen molar-refractivity contribution in [2.24, 2.45) is 5.92 Å². The van der Waals surface area contributed by atoms with Crippen molar-refractivity contribution in [1.82, 2.24) is 5.32 Å². The second kappa shape index (κ2) is 8.43. The first kappa shape index (κ1) is 16.4. The third kappa shape index (κ3) is 5.03. The Kier molecular flexibility index (Phi) is 6.56. The summed E-state index contributed by atoms with van der Waals surface area (Å²) >= 11 is 0. The Morgan fingerprint density at radius 1 is 1.19 bits per heavy atom. The Morgan fingerprint density at radius 3 is 2.62 bits per heavy atom. The zero-order chi connectivity index (χ0) is 15.1. The van der Waals surface area contributed by atoms with Gasteiger partial charge in [-0.1, -0.05) is 38.8 Å². The highest BCUT2D eigenvalue weighted by Gasteiger charge is 2.22. The molecule has 0 radical (unpaired) electrons. The molecular weight excluding hydrogens is 258 g/mol. The molecule has 118 valence electrons. The van der Waals surface area contributed by atoms with Crippen LogP contribution in [0.2, 0.25) is 0 Å². The molecule has 2 nitrogen and oxygen atoms in total. The Hall–Kier alpha value is -1.02. The van der Waals surface area contributed by atoms with Gasteiger partial charge in [0, 0.05) is 6.04 Å². The van der Waals surface area contributed by atoms with Crippen molar-refractivity contribution in [2.45, 2.75) is 71.4 Å². The number of benzene rings is 1. The second-order valence-electron chi connectivity index (χ2n) is 6.43. The van der Waals surface area contributed by atoms with Crippen LogP contribution < -0.4 is 10.1 Å². The van der Waals surface area contributed by atoms with Crippen LogP contribution in [-0.4, -0.2) is 12.6 Å². The van der Waals surface area contributed by atoms with E-state index in [-0.39, 0.29) is 0 Å². The van der Waals surface area contributed by atoms with Gasteiger partial charge in [-0.25, -0.2) is 0 Å². The Labute approximate surface area is 130 Å². The first-order valence-electron chi connectivity index (χ1n) is 8.72. The molecule has 0 heterocycles. The molecule has 0 spiro atoms. The molecule has 1 aromatic carbocycles. The predicted octanol–water partition coefficient (Wildman–Crippen LogP) is 5.09. The molecule has 2 heteroatoms. The van der Waals surface area contributed by atoms with Gasteiger partial charge in [-0.15, -0.1) is 0 Å². The fourth-order valence-corrected chi connectivity index (χ4v) is 3.23. The quantitative estimate of drug-likeness (QED) is 0.754. The van der Waals surface area contributed by atoms with E-state index < -0.39 is 0 Å². The highest BCUT2D eigenvalue weighted by molar-refractivity contribution is 5.29. The second-order valence-corrected chi connectivity index (χ2v) is 6.43. The maximum absolute atomic E-state index is 6.18. The molecule has 0 bridgehead atoms. The lowest BCUT2D eigenvalue weighted by molar-refractivity contribution is 0.122. The maximum atomic E-state index is 6.18. The normalized spacial score (nSPS) is 23.8. The van der Waals surface area contributed by atoms with Gasteiger partial charge in [-0.2, -0.15) is 0 Å². The number of hydrogen-bond donors (Lipinski definition) is 1. The van der Waals surface area contributed by atoms with Crippen LogP contribution in [0.5, 0.6) is 5.75 Å². The van der Waals surface area contributed by atoms with Crippen LogP contribution in [0.1, 0.15) is 70.9 Å². The molecule has 0 saturated heterocycles. The van der Waals surface area contributed by atoms with Gasteiger partial charge in [-0.3, -0.25) is 0 Å². The average Bonchev–Trinajstić information content (AvgIpc) is 2.53. The summed E-state index contributed by atoms with van der Waals surface area (Å²) in [5.41, 5.74) is 1.34. The Bertz CT molecular complexity index is 401. The third-order valence-electron chi connectivity index (χ3n) is 4.70. The van der Waals surface area contributed by atoms with E-state index in [2.05, 4.69) is 50.4 Å². The fourth-order valence-electron chi connectivity index (χ4n) is 3.23. The van der Waals surface area contributed by atoms with E-state index in [4.69, 9.17) is 4.74 Å². The van der Waals surface area contributed by atoms with Gasteiger partial charge in [0.25, 0.3) is 0 Å². The van der Waals surface area contributed by atoms with Crippen molar-refractivity contribution < 1.29 is 4.74 Å². The number of rotatable bonds is 7. The highest BCUT2D eigenvalue weighted by atomic mass is 16.5. The van der Waals surface area contributed by atoms with E-state index in [1.54, 1.807) is 0 Å². The monoisotopic (exact) mass is 289 g/mol. The molecule has 3 unspecified atom stereocenters. The molecule has 2 rings (SSSR count). The van der Waals surface area contributed by atoms with Gasteiger partial charge in [0.15, 0.2) is 0 Å². The molecule has 1 saturated carbocycles. The largest absolute Gasteiger partial charge is 0.490 e. The Balaban J connectivity index is 1.87. The van der Waals surface area contributed by atoms with E-state index in [9.17, 15) is 0 Å². The van der Waals surface area contributed by atoms with E-state index in [1.807, 2.05) is 0 Å². The summed E-state index contributed by atoms with van der Waals surface area (Å²) in [6.07, 6.45) is 8.03. The first-order chi connectivity index (χ1) is 10.2. The molecule has 0 amide bonds. The summed E-state index contributed by atoms with van der Waals surface area (Å²) in [5.74, 6) is 1.89. The van der Waals surface area contributed by atoms with Crippen molar-refractivity contribution in [1.29, 1.82) is 0 Å². The van der Waals surface area contributed by atoms with Crippen molar-refractivity contribution in [2.75, 3.05) is 6.54 Å². The van der Waals surface area contributed by atoms with Crippen LogP contribution in [0.15, 0.2) is 24.3 Å². The summed E-state index contributed by atoms with van der Waals surface area (Å²) in [6.45, 7) is 7.79. The van der Waals surface area contributed by atoms with Crippen molar-refractivity contribution >= 4 is 0 Å². The van der Waals surface area contributed by atoms with Gasteiger partial charge in [0.2, 0.25) is 0 Å². The van der Waals surface area contributed by atoms with Gasteiger partial charge in [0.1, 0.15) is 5.75 Å². The summed E-state index contributed by atoms with van der Waals surface area (Å²) in [7, 11) is 0. The van der Waals surface area contributed by atoms with Gasteiger partial charge in [0.05, 0.1) is 6.10 Å². The van der Waals surface area contributed by atoms with Crippen LogP contribution in [0.4, 0.5) is 0 Å². The van der Waals surface area contributed by atoms with Crippen LogP contribution in [0.25, 0.3) is 0 Å². The smallest absolute Gasteiger partial charge is 0.119 e. The van der Waals surface area contributed by atoms with Gasteiger partial charge in [-0.05, 0) is 62.8 Å². The molecule has 0 aromatic heterocycles. The van der Waals surface area contributed by atoms with Crippen LogP contribution >= 0.6 is 0 Å². The van der Waals surface area contributed by atoms with Crippen LogP contribution in [0.3, 0.4) is 0 Å². The van der Waals surface area contributed by atoms with E-state index >= 15 is 0 Å². The molecule has 3 atom stereocenters. The lowest BCUT2D eigenvalue weighted by Crippen LogP contribution is -2.25. The van der Waals surface area contributed by atoms with Crippen LogP contribution in [0, 0.1) is 5.92 Å². The topological polar surface area (TPSA) is 21.3 Å². The SMILES string of the molecule is CCCNC(C)c1ccc(OC2CCCC(CC)C2)cc1. The molecule has 1 aliphatic rings. The minimum absolute atomic E-state index is 0.415. The fraction of sp³-hybridized carbons (Fsp3) is 0.684. The number of hydrogen-bond acceptors (Lipinski definition) is 2.